The zero-order valence-corrected chi connectivity index (χ0v) is 16.2. The second-order valence-corrected chi connectivity index (χ2v) is 7.31. The van der Waals surface area contributed by atoms with Crippen molar-refractivity contribution in [1.29, 1.82) is 0 Å². The molecular formula is C22H25N5O. The van der Waals surface area contributed by atoms with Crippen LogP contribution in [0.5, 0.6) is 0 Å². The number of carbonyl (C=O) groups excluding carboxylic acids is 1. The first-order valence-electron chi connectivity index (χ1n) is 9.90. The Kier molecular flexibility index (Phi) is 5.46. The van der Waals surface area contributed by atoms with Crippen LogP contribution in [0.1, 0.15) is 41.7 Å². The van der Waals surface area contributed by atoms with E-state index in [1.807, 2.05) is 65.2 Å². The molecule has 1 amide bonds. The summed E-state index contributed by atoms with van der Waals surface area (Å²) < 4.78 is 1.88. The zero-order valence-electron chi connectivity index (χ0n) is 16.2. The third kappa shape index (κ3) is 3.96. The summed E-state index contributed by atoms with van der Waals surface area (Å²) in [6.07, 6.45) is 7.84. The summed E-state index contributed by atoms with van der Waals surface area (Å²) in [7, 11) is 0. The van der Waals surface area contributed by atoms with Gasteiger partial charge in [0.25, 0.3) is 5.91 Å². The monoisotopic (exact) mass is 375 g/mol. The molecular weight excluding hydrogens is 350 g/mol. The molecule has 1 saturated heterocycles. The molecule has 4 rings (SSSR count). The average Bonchev–Trinajstić information content (AvgIpc) is 3.22. The van der Waals surface area contributed by atoms with Crippen LogP contribution in [0.25, 0.3) is 11.3 Å². The highest BCUT2D eigenvalue weighted by atomic mass is 16.2. The minimum Gasteiger partial charge on any atom is -0.336 e. The predicted molar refractivity (Wildman–Crippen MR) is 108 cm³/mol. The lowest BCUT2D eigenvalue weighted by molar-refractivity contribution is 0.0592. The topological polar surface area (TPSA) is 63.9 Å². The molecule has 1 aliphatic rings. The number of nitrogens with zero attached hydrogens (tertiary/aromatic N) is 5. The number of aromatic nitrogens is 4. The molecule has 3 aromatic rings. The number of piperidine rings is 1. The van der Waals surface area contributed by atoms with Gasteiger partial charge in [-0.1, -0.05) is 35.5 Å². The smallest absolute Gasteiger partial charge is 0.255 e. The van der Waals surface area contributed by atoms with Crippen LogP contribution in [0, 0.1) is 6.92 Å². The Hall–Kier alpha value is -3.02. The average molecular weight is 375 g/mol. The summed E-state index contributed by atoms with van der Waals surface area (Å²) in [5.41, 5.74) is 3.44. The molecule has 6 nitrogen and oxygen atoms in total. The largest absolute Gasteiger partial charge is 0.336 e. The molecule has 0 aliphatic carbocycles. The second-order valence-electron chi connectivity index (χ2n) is 7.31. The second kappa shape index (κ2) is 8.33. The Morgan fingerprint density at radius 3 is 2.82 bits per heavy atom. The van der Waals surface area contributed by atoms with Gasteiger partial charge in [-0.15, -0.1) is 5.10 Å². The SMILES string of the molecule is Cc1ncccc1C(=O)N1CCCCC1CCn1cc(-c2ccccc2)nn1. The van der Waals surface area contributed by atoms with E-state index in [-0.39, 0.29) is 11.9 Å². The van der Waals surface area contributed by atoms with Crippen molar-refractivity contribution in [2.75, 3.05) is 6.54 Å². The van der Waals surface area contributed by atoms with Gasteiger partial charge in [0.15, 0.2) is 0 Å². The lowest BCUT2D eigenvalue weighted by Crippen LogP contribution is -2.44. The van der Waals surface area contributed by atoms with E-state index < -0.39 is 0 Å². The van der Waals surface area contributed by atoms with E-state index in [2.05, 4.69) is 15.3 Å². The van der Waals surface area contributed by atoms with Gasteiger partial charge in [0, 0.05) is 36.6 Å². The van der Waals surface area contributed by atoms with Gasteiger partial charge in [-0.25, -0.2) is 0 Å². The van der Waals surface area contributed by atoms with Crippen molar-refractivity contribution in [3.05, 3.63) is 66.1 Å². The molecule has 144 valence electrons. The normalized spacial score (nSPS) is 16.9. The molecule has 28 heavy (non-hydrogen) atoms. The lowest BCUT2D eigenvalue weighted by atomic mass is 9.98. The van der Waals surface area contributed by atoms with Crippen LogP contribution in [0.4, 0.5) is 0 Å². The number of rotatable bonds is 5. The van der Waals surface area contributed by atoms with Gasteiger partial charge in [0.2, 0.25) is 0 Å². The fourth-order valence-electron chi connectivity index (χ4n) is 3.86. The lowest BCUT2D eigenvalue weighted by Gasteiger charge is -2.36. The summed E-state index contributed by atoms with van der Waals surface area (Å²) in [5, 5.41) is 8.56. The van der Waals surface area contributed by atoms with Crippen molar-refractivity contribution in [2.24, 2.45) is 0 Å². The van der Waals surface area contributed by atoms with E-state index >= 15 is 0 Å². The Bertz CT molecular complexity index is 937. The molecule has 1 aromatic carbocycles. The van der Waals surface area contributed by atoms with Crippen LogP contribution < -0.4 is 0 Å². The van der Waals surface area contributed by atoms with Gasteiger partial charge >= 0.3 is 0 Å². The van der Waals surface area contributed by atoms with E-state index in [9.17, 15) is 4.79 Å². The van der Waals surface area contributed by atoms with Crippen LogP contribution in [0.3, 0.4) is 0 Å². The highest BCUT2D eigenvalue weighted by Gasteiger charge is 2.28. The summed E-state index contributed by atoms with van der Waals surface area (Å²) in [4.78, 5) is 19.4. The Balaban J connectivity index is 1.44. The Morgan fingerprint density at radius 2 is 2.00 bits per heavy atom. The number of pyridine rings is 1. The standard InChI is InChI=1S/C22H25N5O/c1-17-20(11-7-13-23-17)22(28)27-14-6-5-10-19(27)12-15-26-16-21(24-25-26)18-8-3-2-4-9-18/h2-4,7-9,11,13,16,19H,5-6,10,12,14-15H2,1H3. The maximum Gasteiger partial charge on any atom is 0.255 e. The minimum absolute atomic E-state index is 0.0962. The predicted octanol–water partition coefficient (Wildman–Crippen LogP) is 3.73. The molecule has 2 aromatic heterocycles. The van der Waals surface area contributed by atoms with Crippen LogP contribution >= 0.6 is 0 Å². The van der Waals surface area contributed by atoms with Crippen molar-refractivity contribution in [1.82, 2.24) is 24.9 Å². The van der Waals surface area contributed by atoms with Crippen molar-refractivity contribution in [3.63, 3.8) is 0 Å². The molecule has 0 spiro atoms. The van der Waals surface area contributed by atoms with E-state index in [0.717, 1.165) is 55.7 Å². The number of hydrogen-bond acceptors (Lipinski definition) is 4. The molecule has 0 N–H and O–H groups in total. The fraction of sp³-hybridized carbons (Fsp3) is 0.364. The number of carbonyl (C=O) groups is 1. The quantitative estimate of drug-likeness (QED) is 0.682. The van der Waals surface area contributed by atoms with Gasteiger partial charge < -0.3 is 4.90 Å². The Labute approximate surface area is 165 Å². The van der Waals surface area contributed by atoms with Crippen molar-refractivity contribution in [2.45, 2.75) is 45.2 Å². The highest BCUT2D eigenvalue weighted by Crippen LogP contribution is 2.23. The summed E-state index contributed by atoms with van der Waals surface area (Å²) in [5.74, 6) is 0.0962. The molecule has 0 saturated carbocycles. The third-order valence-corrected chi connectivity index (χ3v) is 5.42. The van der Waals surface area contributed by atoms with Gasteiger partial charge in [0.1, 0.15) is 5.69 Å². The van der Waals surface area contributed by atoms with Crippen molar-refractivity contribution in [3.8, 4) is 11.3 Å². The van der Waals surface area contributed by atoms with Crippen molar-refractivity contribution < 1.29 is 4.79 Å². The minimum atomic E-state index is 0.0962. The number of aryl methyl sites for hydroxylation is 2. The van der Waals surface area contributed by atoms with Crippen LogP contribution in [-0.4, -0.2) is 43.4 Å². The van der Waals surface area contributed by atoms with Crippen LogP contribution in [0.15, 0.2) is 54.9 Å². The van der Waals surface area contributed by atoms with Crippen LogP contribution in [-0.2, 0) is 6.54 Å². The first-order chi connectivity index (χ1) is 13.7. The van der Waals surface area contributed by atoms with Crippen LogP contribution in [0.2, 0.25) is 0 Å². The number of likely N-dealkylation sites (tertiary alicyclic amines) is 1. The van der Waals surface area contributed by atoms with Crippen molar-refractivity contribution >= 4 is 5.91 Å². The van der Waals surface area contributed by atoms with Gasteiger partial charge in [0.05, 0.1) is 11.8 Å². The van der Waals surface area contributed by atoms with Gasteiger partial charge in [-0.3, -0.25) is 14.5 Å². The third-order valence-electron chi connectivity index (χ3n) is 5.42. The molecule has 1 unspecified atom stereocenters. The number of hydrogen-bond donors (Lipinski definition) is 0. The van der Waals surface area contributed by atoms with Gasteiger partial charge in [-0.05, 0) is 44.7 Å². The number of benzene rings is 1. The molecule has 1 aliphatic heterocycles. The highest BCUT2D eigenvalue weighted by molar-refractivity contribution is 5.95. The molecule has 0 bridgehead atoms. The summed E-state index contributed by atoms with van der Waals surface area (Å²) >= 11 is 0. The fourth-order valence-corrected chi connectivity index (χ4v) is 3.86. The Morgan fingerprint density at radius 1 is 1.14 bits per heavy atom. The number of amides is 1. The maximum absolute atomic E-state index is 13.1. The van der Waals surface area contributed by atoms with Gasteiger partial charge in [-0.2, -0.15) is 0 Å². The summed E-state index contributed by atoms with van der Waals surface area (Å²) in [6, 6.07) is 14.0. The zero-order chi connectivity index (χ0) is 19.3. The molecule has 0 radical (unpaired) electrons. The maximum atomic E-state index is 13.1. The molecule has 1 fully saturated rings. The molecule has 6 heteroatoms. The first kappa shape index (κ1) is 18.3. The summed E-state index contributed by atoms with van der Waals surface area (Å²) in [6.45, 7) is 3.46. The van der Waals surface area contributed by atoms with E-state index in [0.29, 0.717) is 5.56 Å². The van der Waals surface area contributed by atoms with E-state index in [4.69, 9.17) is 0 Å². The molecule has 1 atom stereocenters. The molecule has 3 heterocycles. The first-order valence-corrected chi connectivity index (χ1v) is 9.90. The van der Waals surface area contributed by atoms with E-state index in [1.165, 1.54) is 0 Å². The van der Waals surface area contributed by atoms with E-state index in [1.54, 1.807) is 6.20 Å².